The molecule has 3 atom stereocenters. The van der Waals surface area contributed by atoms with Gasteiger partial charge in [0.15, 0.2) is 5.84 Å². The lowest BCUT2D eigenvalue weighted by Crippen LogP contribution is -2.49. The Morgan fingerprint density at radius 2 is 2.12 bits per heavy atom. The lowest BCUT2D eigenvalue weighted by molar-refractivity contribution is -0.137. The van der Waals surface area contributed by atoms with E-state index in [1.165, 1.54) is 0 Å². The summed E-state index contributed by atoms with van der Waals surface area (Å²) in [5.74, 6) is -0.0813. The Morgan fingerprint density at radius 1 is 1.50 bits per heavy atom. The number of hydrogen-bond donors (Lipinski definition) is 2. The van der Waals surface area contributed by atoms with E-state index in [2.05, 4.69) is 12.1 Å². The van der Waals surface area contributed by atoms with Gasteiger partial charge in [-0.1, -0.05) is 12.1 Å². The summed E-state index contributed by atoms with van der Waals surface area (Å²) >= 11 is 0. The molecule has 1 aliphatic heterocycles. The highest BCUT2D eigenvalue weighted by atomic mass is 16.4. The van der Waals surface area contributed by atoms with Crippen molar-refractivity contribution in [2.24, 2.45) is 22.7 Å². The molecule has 92 valence electrons. The first kappa shape index (κ1) is 12.8. The molecule has 0 saturated carbocycles. The monoisotopic (exact) mass is 227 g/mol. The van der Waals surface area contributed by atoms with Gasteiger partial charge in [-0.2, -0.15) is 0 Å². The number of piperidine rings is 1. The van der Waals surface area contributed by atoms with Crippen LogP contribution in [0.2, 0.25) is 0 Å². The third kappa shape index (κ3) is 2.65. The largest absolute Gasteiger partial charge is 0.409 e. The second-order valence-electron chi connectivity index (χ2n) is 4.77. The molecule has 0 aromatic carbocycles. The third-order valence-corrected chi connectivity index (χ3v) is 3.33. The number of nitrogens with zero attached hydrogens (tertiary/aromatic N) is 2. The van der Waals surface area contributed by atoms with Crippen molar-refractivity contribution in [3.8, 4) is 0 Å². The first-order chi connectivity index (χ1) is 7.47. The molecule has 1 saturated heterocycles. The van der Waals surface area contributed by atoms with Crippen molar-refractivity contribution in [1.82, 2.24) is 4.90 Å². The van der Waals surface area contributed by atoms with Crippen molar-refractivity contribution in [3.63, 3.8) is 0 Å². The first-order valence-electron chi connectivity index (χ1n) is 5.75. The second kappa shape index (κ2) is 5.18. The molecule has 5 nitrogen and oxygen atoms in total. The number of oxime groups is 1. The number of likely N-dealkylation sites (tertiary alicyclic amines) is 1. The average molecular weight is 227 g/mol. The summed E-state index contributed by atoms with van der Waals surface area (Å²) < 4.78 is 0. The van der Waals surface area contributed by atoms with Crippen molar-refractivity contribution in [3.05, 3.63) is 0 Å². The molecule has 0 aromatic rings. The van der Waals surface area contributed by atoms with E-state index >= 15 is 0 Å². The summed E-state index contributed by atoms with van der Waals surface area (Å²) in [6.45, 7) is 6.62. The maximum absolute atomic E-state index is 12.1. The minimum Gasteiger partial charge on any atom is -0.409 e. The van der Waals surface area contributed by atoms with E-state index in [1.807, 2.05) is 11.8 Å². The van der Waals surface area contributed by atoms with Crippen LogP contribution in [0.25, 0.3) is 0 Å². The molecule has 16 heavy (non-hydrogen) atoms. The molecule has 0 spiro atoms. The van der Waals surface area contributed by atoms with Crippen molar-refractivity contribution < 1.29 is 10.0 Å². The average Bonchev–Trinajstić information content (AvgIpc) is 2.29. The maximum Gasteiger partial charge on any atom is 0.233 e. The second-order valence-corrected chi connectivity index (χ2v) is 4.77. The molecule has 5 heteroatoms. The fourth-order valence-corrected chi connectivity index (χ4v) is 2.06. The van der Waals surface area contributed by atoms with Gasteiger partial charge in [-0.15, -0.1) is 0 Å². The molecule has 1 heterocycles. The Kier molecular flexibility index (Phi) is 4.15. The van der Waals surface area contributed by atoms with E-state index < -0.39 is 5.92 Å². The van der Waals surface area contributed by atoms with E-state index in [0.717, 1.165) is 19.4 Å². The number of amidine groups is 1. The number of carbonyl (C=O) groups is 1. The topological polar surface area (TPSA) is 78.9 Å². The van der Waals surface area contributed by atoms with Gasteiger partial charge in [0.2, 0.25) is 5.91 Å². The van der Waals surface area contributed by atoms with Crippen LogP contribution >= 0.6 is 0 Å². The van der Waals surface area contributed by atoms with E-state index in [9.17, 15) is 4.79 Å². The molecule has 1 fully saturated rings. The van der Waals surface area contributed by atoms with Crippen LogP contribution in [-0.2, 0) is 4.79 Å². The van der Waals surface area contributed by atoms with Crippen molar-refractivity contribution in [2.75, 3.05) is 6.54 Å². The number of nitrogens with two attached hydrogens (primary N) is 1. The van der Waals surface area contributed by atoms with Gasteiger partial charge in [0, 0.05) is 12.6 Å². The minimum absolute atomic E-state index is 0.0181. The summed E-state index contributed by atoms with van der Waals surface area (Å²) in [5.41, 5.74) is 5.46. The molecule has 1 amide bonds. The lowest BCUT2D eigenvalue weighted by atomic mass is 9.93. The predicted molar refractivity (Wildman–Crippen MR) is 62.1 cm³/mol. The Balaban J connectivity index is 2.71. The van der Waals surface area contributed by atoms with Crippen molar-refractivity contribution in [2.45, 2.75) is 39.7 Å². The van der Waals surface area contributed by atoms with Gasteiger partial charge in [0.1, 0.15) is 0 Å². The molecule has 3 unspecified atom stereocenters. The Bertz CT molecular complexity index is 291. The van der Waals surface area contributed by atoms with Gasteiger partial charge in [-0.25, -0.2) is 0 Å². The van der Waals surface area contributed by atoms with Crippen LogP contribution < -0.4 is 5.73 Å². The molecule has 1 aliphatic rings. The van der Waals surface area contributed by atoms with Crippen LogP contribution in [0, 0.1) is 11.8 Å². The van der Waals surface area contributed by atoms with E-state index in [-0.39, 0.29) is 17.8 Å². The highest BCUT2D eigenvalue weighted by molar-refractivity contribution is 6.01. The van der Waals surface area contributed by atoms with Gasteiger partial charge < -0.3 is 15.8 Å². The van der Waals surface area contributed by atoms with Crippen LogP contribution in [0.3, 0.4) is 0 Å². The Morgan fingerprint density at radius 3 is 2.69 bits per heavy atom. The van der Waals surface area contributed by atoms with Crippen molar-refractivity contribution in [1.29, 1.82) is 0 Å². The van der Waals surface area contributed by atoms with E-state index in [4.69, 9.17) is 10.9 Å². The standard InChI is InChI=1S/C11H21N3O2/c1-7-4-5-8(2)14(6-7)11(15)9(3)10(12)13-16/h7-9,16H,4-6H2,1-3H3,(H2,12,13). The van der Waals surface area contributed by atoms with Gasteiger partial charge in [0.05, 0.1) is 5.92 Å². The number of rotatable bonds is 2. The Labute approximate surface area is 96.3 Å². The van der Waals surface area contributed by atoms with Crippen LogP contribution in [0.5, 0.6) is 0 Å². The molecular formula is C11H21N3O2. The summed E-state index contributed by atoms with van der Waals surface area (Å²) in [4.78, 5) is 14.0. The van der Waals surface area contributed by atoms with Gasteiger partial charge in [-0.05, 0) is 32.6 Å². The van der Waals surface area contributed by atoms with Crippen LogP contribution in [0.15, 0.2) is 5.16 Å². The summed E-state index contributed by atoms with van der Waals surface area (Å²) in [6, 6.07) is 0.248. The smallest absolute Gasteiger partial charge is 0.233 e. The zero-order valence-corrected chi connectivity index (χ0v) is 10.2. The van der Waals surface area contributed by atoms with Crippen LogP contribution in [-0.4, -0.2) is 34.4 Å². The molecular weight excluding hydrogens is 206 g/mol. The third-order valence-electron chi connectivity index (χ3n) is 3.33. The highest BCUT2D eigenvalue weighted by Gasteiger charge is 2.31. The fraction of sp³-hybridized carbons (Fsp3) is 0.818. The zero-order chi connectivity index (χ0) is 12.3. The van der Waals surface area contributed by atoms with Crippen molar-refractivity contribution >= 4 is 11.7 Å². The fourth-order valence-electron chi connectivity index (χ4n) is 2.06. The first-order valence-corrected chi connectivity index (χ1v) is 5.75. The molecule has 0 radical (unpaired) electrons. The van der Waals surface area contributed by atoms with E-state index in [1.54, 1.807) is 6.92 Å². The SMILES string of the molecule is CC1CCC(C)N(C(=O)C(C)C(N)=NO)C1. The summed E-state index contributed by atoms with van der Waals surface area (Å²) in [5, 5.41) is 11.5. The molecule has 0 bridgehead atoms. The maximum atomic E-state index is 12.1. The molecule has 1 rings (SSSR count). The molecule has 0 aromatic heterocycles. The minimum atomic E-state index is -0.544. The van der Waals surface area contributed by atoms with Crippen LogP contribution in [0.4, 0.5) is 0 Å². The Hall–Kier alpha value is -1.26. The zero-order valence-electron chi connectivity index (χ0n) is 10.2. The van der Waals surface area contributed by atoms with Gasteiger partial charge in [0.25, 0.3) is 0 Å². The molecule has 0 aliphatic carbocycles. The number of hydrogen-bond acceptors (Lipinski definition) is 3. The van der Waals surface area contributed by atoms with Gasteiger partial charge >= 0.3 is 0 Å². The summed E-state index contributed by atoms with van der Waals surface area (Å²) in [7, 11) is 0. The summed E-state index contributed by atoms with van der Waals surface area (Å²) in [6.07, 6.45) is 2.18. The van der Waals surface area contributed by atoms with Crippen LogP contribution in [0.1, 0.15) is 33.6 Å². The predicted octanol–water partition coefficient (Wildman–Crippen LogP) is 1.02. The normalized spacial score (nSPS) is 28.9. The quantitative estimate of drug-likeness (QED) is 0.320. The highest BCUT2D eigenvalue weighted by Crippen LogP contribution is 2.22. The number of amides is 1. The van der Waals surface area contributed by atoms with Gasteiger partial charge in [-0.3, -0.25) is 4.79 Å². The number of carbonyl (C=O) groups excluding carboxylic acids is 1. The van der Waals surface area contributed by atoms with E-state index in [0.29, 0.717) is 5.92 Å². The molecule has 3 N–H and O–H groups in total. The lowest BCUT2D eigenvalue weighted by Gasteiger charge is -2.38.